The number of carbonyl (C=O) groups is 1. The third-order valence-corrected chi connectivity index (χ3v) is 7.15. The second-order valence-electron chi connectivity index (χ2n) is 10.2. The first-order valence-corrected chi connectivity index (χ1v) is 13.5. The molecule has 2 unspecified atom stereocenters. The zero-order chi connectivity index (χ0) is 28.6. The summed E-state index contributed by atoms with van der Waals surface area (Å²) < 4.78 is 29.9. The minimum atomic E-state index is -1.01. The molecule has 2 aromatic heterocycles. The molecule has 40 heavy (non-hydrogen) atoms. The van der Waals surface area contributed by atoms with Crippen molar-refractivity contribution in [3.05, 3.63) is 124 Å². The first-order valence-electron chi connectivity index (χ1n) is 13.5. The van der Waals surface area contributed by atoms with Gasteiger partial charge in [-0.25, -0.2) is 8.78 Å². The lowest BCUT2D eigenvalue weighted by molar-refractivity contribution is 0.0829. The largest absolute Gasteiger partial charge is 0.390 e. The molecular formula is C32H36F2N4O2. The molecule has 3 N–H and O–H groups in total. The van der Waals surface area contributed by atoms with E-state index >= 15 is 0 Å². The summed E-state index contributed by atoms with van der Waals surface area (Å²) in [5.41, 5.74) is 5.89. The van der Waals surface area contributed by atoms with Gasteiger partial charge in [-0.3, -0.25) is 9.78 Å². The zero-order valence-electron chi connectivity index (χ0n) is 23.1. The molecule has 0 radical (unpaired) electrons. The van der Waals surface area contributed by atoms with Crippen molar-refractivity contribution in [1.82, 2.24) is 20.2 Å². The van der Waals surface area contributed by atoms with Crippen molar-refractivity contribution in [2.75, 3.05) is 6.54 Å². The Bertz CT molecular complexity index is 1420. The molecule has 210 valence electrons. The fourth-order valence-electron chi connectivity index (χ4n) is 4.92. The molecule has 0 bridgehead atoms. The summed E-state index contributed by atoms with van der Waals surface area (Å²) in [5.74, 6) is -1.77. The maximum Gasteiger partial charge on any atom is 0.253 e. The Morgan fingerprint density at radius 1 is 0.950 bits per heavy atom. The molecule has 6 nitrogen and oxygen atoms in total. The predicted molar refractivity (Wildman–Crippen MR) is 152 cm³/mol. The normalized spacial score (nSPS) is 12.8. The second kappa shape index (κ2) is 13.5. The predicted octanol–water partition coefficient (Wildman–Crippen LogP) is 4.88. The van der Waals surface area contributed by atoms with Gasteiger partial charge in [0.25, 0.3) is 5.91 Å². The Balaban J connectivity index is 1.50. The number of hydrogen-bond donors (Lipinski definition) is 3. The van der Waals surface area contributed by atoms with Crippen LogP contribution in [0.5, 0.6) is 0 Å². The summed E-state index contributed by atoms with van der Waals surface area (Å²) in [7, 11) is 0. The van der Waals surface area contributed by atoms with E-state index in [1.807, 2.05) is 48.7 Å². The van der Waals surface area contributed by atoms with E-state index in [9.17, 15) is 18.7 Å². The van der Waals surface area contributed by atoms with Gasteiger partial charge in [0.1, 0.15) is 11.6 Å². The Morgan fingerprint density at radius 3 is 2.35 bits per heavy atom. The standard InChI is InChI=1S/C32H36F2N4O2/c1-4-23-6-5-7-25(13-23)18-36-19-31(39)30(16-26-14-27(33)17-28(34)15-26)37-32(40)29-12-21(2)38(22(29)3)20-24-8-10-35-11-9-24/h5-15,17,30-31,36,39H,4,16,18-20H2,1-3H3,(H,37,40). The van der Waals surface area contributed by atoms with Crippen LogP contribution in [-0.2, 0) is 25.9 Å². The van der Waals surface area contributed by atoms with Crippen LogP contribution in [-0.4, -0.2) is 39.3 Å². The van der Waals surface area contributed by atoms with E-state index in [1.54, 1.807) is 12.4 Å². The molecule has 1 amide bonds. The van der Waals surface area contributed by atoms with E-state index in [2.05, 4.69) is 34.7 Å². The average Bonchev–Trinajstić information content (AvgIpc) is 3.21. The summed E-state index contributed by atoms with van der Waals surface area (Å²) in [6.07, 6.45) is 3.44. The number of halogens is 2. The number of aryl methyl sites for hydroxylation is 2. The molecule has 0 fully saturated rings. The van der Waals surface area contributed by atoms with Crippen molar-refractivity contribution in [1.29, 1.82) is 0 Å². The van der Waals surface area contributed by atoms with E-state index in [-0.39, 0.29) is 18.9 Å². The summed E-state index contributed by atoms with van der Waals surface area (Å²) in [4.78, 5) is 17.5. The van der Waals surface area contributed by atoms with Crippen LogP contribution < -0.4 is 10.6 Å². The Morgan fingerprint density at radius 2 is 1.65 bits per heavy atom. The Labute approximate surface area is 234 Å². The number of aromatic nitrogens is 2. The van der Waals surface area contributed by atoms with Crippen LogP contribution in [0.4, 0.5) is 8.78 Å². The van der Waals surface area contributed by atoms with Gasteiger partial charge in [-0.05, 0) is 79.3 Å². The van der Waals surface area contributed by atoms with Gasteiger partial charge in [-0.15, -0.1) is 0 Å². The summed E-state index contributed by atoms with van der Waals surface area (Å²) >= 11 is 0. The lowest BCUT2D eigenvalue weighted by Crippen LogP contribution is -2.48. The topological polar surface area (TPSA) is 79.2 Å². The number of nitrogens with one attached hydrogen (secondary N) is 2. The third-order valence-electron chi connectivity index (χ3n) is 7.15. The number of pyridine rings is 1. The number of benzene rings is 2. The molecule has 4 rings (SSSR count). The van der Waals surface area contributed by atoms with Crippen LogP contribution >= 0.6 is 0 Å². The van der Waals surface area contributed by atoms with Crippen LogP contribution in [0.2, 0.25) is 0 Å². The van der Waals surface area contributed by atoms with E-state index in [0.717, 1.165) is 35.0 Å². The van der Waals surface area contributed by atoms with E-state index in [0.29, 0.717) is 24.2 Å². The van der Waals surface area contributed by atoms with Crippen LogP contribution in [0.15, 0.2) is 73.1 Å². The Kier molecular flexibility index (Phi) is 9.79. The van der Waals surface area contributed by atoms with Gasteiger partial charge >= 0.3 is 0 Å². The van der Waals surface area contributed by atoms with Crippen LogP contribution in [0, 0.1) is 25.5 Å². The molecule has 0 aliphatic carbocycles. The lowest BCUT2D eigenvalue weighted by atomic mass is 10.00. The molecule has 4 aromatic rings. The van der Waals surface area contributed by atoms with Gasteiger partial charge in [-0.2, -0.15) is 0 Å². The van der Waals surface area contributed by atoms with Crippen LogP contribution in [0.25, 0.3) is 0 Å². The number of carbonyl (C=O) groups excluding carboxylic acids is 1. The number of nitrogens with zero attached hydrogens (tertiary/aromatic N) is 2. The number of amides is 1. The molecule has 2 heterocycles. The molecule has 0 saturated carbocycles. The maximum atomic E-state index is 13.9. The molecule has 0 aliphatic rings. The molecule has 2 atom stereocenters. The van der Waals surface area contributed by atoms with Crippen LogP contribution in [0.1, 0.15) is 50.9 Å². The number of rotatable bonds is 12. The molecule has 0 spiro atoms. The molecule has 0 saturated heterocycles. The van der Waals surface area contributed by atoms with E-state index in [4.69, 9.17) is 0 Å². The maximum absolute atomic E-state index is 13.9. The smallest absolute Gasteiger partial charge is 0.253 e. The molecule has 0 aliphatic heterocycles. The third kappa shape index (κ3) is 7.61. The van der Waals surface area contributed by atoms with Crippen molar-refractivity contribution < 1.29 is 18.7 Å². The van der Waals surface area contributed by atoms with Gasteiger partial charge < -0.3 is 20.3 Å². The van der Waals surface area contributed by atoms with Crippen molar-refractivity contribution in [3.63, 3.8) is 0 Å². The number of aliphatic hydroxyl groups excluding tert-OH is 1. The average molecular weight is 547 g/mol. The SMILES string of the molecule is CCc1cccc(CNCC(O)C(Cc2cc(F)cc(F)c2)NC(=O)c2cc(C)n(Cc3ccncc3)c2C)c1. The quantitative estimate of drug-likeness (QED) is 0.237. The fourth-order valence-corrected chi connectivity index (χ4v) is 4.92. The summed E-state index contributed by atoms with van der Waals surface area (Å²) in [6, 6.07) is 16.3. The van der Waals surface area contributed by atoms with Crippen molar-refractivity contribution in [3.8, 4) is 0 Å². The number of aliphatic hydroxyl groups is 1. The van der Waals surface area contributed by atoms with Crippen molar-refractivity contribution in [2.45, 2.75) is 58.8 Å². The van der Waals surface area contributed by atoms with Gasteiger partial charge in [0.2, 0.25) is 0 Å². The first-order chi connectivity index (χ1) is 19.2. The second-order valence-corrected chi connectivity index (χ2v) is 10.2. The number of hydrogen-bond acceptors (Lipinski definition) is 4. The van der Waals surface area contributed by atoms with Gasteiger partial charge in [0, 0.05) is 49.5 Å². The highest BCUT2D eigenvalue weighted by molar-refractivity contribution is 5.96. The first kappa shape index (κ1) is 29.1. The lowest BCUT2D eigenvalue weighted by Gasteiger charge is -2.25. The highest BCUT2D eigenvalue weighted by Gasteiger charge is 2.25. The minimum Gasteiger partial charge on any atom is -0.390 e. The van der Waals surface area contributed by atoms with Gasteiger partial charge in [0.05, 0.1) is 17.7 Å². The highest BCUT2D eigenvalue weighted by Crippen LogP contribution is 2.19. The van der Waals surface area contributed by atoms with Crippen molar-refractivity contribution >= 4 is 5.91 Å². The Hall–Kier alpha value is -3.88. The van der Waals surface area contributed by atoms with E-state index in [1.165, 1.54) is 17.7 Å². The monoisotopic (exact) mass is 546 g/mol. The van der Waals surface area contributed by atoms with Crippen molar-refractivity contribution in [2.24, 2.45) is 0 Å². The fraction of sp³-hybridized carbons (Fsp3) is 0.312. The van der Waals surface area contributed by atoms with Gasteiger partial charge in [0.15, 0.2) is 0 Å². The molecule has 8 heteroatoms. The van der Waals surface area contributed by atoms with Crippen LogP contribution in [0.3, 0.4) is 0 Å². The molecule has 2 aromatic carbocycles. The van der Waals surface area contributed by atoms with E-state index < -0.39 is 23.8 Å². The zero-order valence-corrected chi connectivity index (χ0v) is 23.1. The minimum absolute atomic E-state index is 0.0599. The summed E-state index contributed by atoms with van der Waals surface area (Å²) in [6.45, 7) is 7.21. The molecular weight excluding hydrogens is 510 g/mol. The summed E-state index contributed by atoms with van der Waals surface area (Å²) in [5, 5.41) is 17.3. The van der Waals surface area contributed by atoms with Gasteiger partial charge in [-0.1, -0.05) is 31.2 Å². The highest BCUT2D eigenvalue weighted by atomic mass is 19.1.